The predicted octanol–water partition coefficient (Wildman–Crippen LogP) is 4.41. The third-order valence-corrected chi connectivity index (χ3v) is 3.62. The standard InChI is InChI=1S/C12H6Cl3NO2/c13-8-4-3-6(9(14)10(8)15)11-7(12(17)18)2-1-5-16-11/h1-5H,(H,17,18). The maximum absolute atomic E-state index is 11.1. The number of hydrogen-bond donors (Lipinski definition) is 1. The SMILES string of the molecule is O=C(O)c1cccnc1-c1ccc(Cl)c(Cl)c1Cl. The Kier molecular flexibility index (Phi) is 3.76. The summed E-state index contributed by atoms with van der Waals surface area (Å²) >= 11 is 17.8. The van der Waals surface area contributed by atoms with E-state index < -0.39 is 5.97 Å². The first-order valence-corrected chi connectivity index (χ1v) is 5.98. The Labute approximate surface area is 118 Å². The first kappa shape index (κ1) is 13.1. The van der Waals surface area contributed by atoms with Crippen LogP contribution in [-0.2, 0) is 0 Å². The van der Waals surface area contributed by atoms with Crippen LogP contribution in [-0.4, -0.2) is 16.1 Å². The van der Waals surface area contributed by atoms with Gasteiger partial charge < -0.3 is 5.11 Å². The Balaban J connectivity index is 2.70. The number of benzene rings is 1. The van der Waals surface area contributed by atoms with Gasteiger partial charge in [-0.2, -0.15) is 0 Å². The number of halogens is 3. The molecular formula is C12H6Cl3NO2. The second kappa shape index (κ2) is 5.14. The Morgan fingerprint density at radius 3 is 2.50 bits per heavy atom. The van der Waals surface area contributed by atoms with Crippen LogP contribution in [0, 0.1) is 0 Å². The molecule has 0 fully saturated rings. The molecule has 0 spiro atoms. The Hall–Kier alpha value is -1.29. The molecule has 92 valence electrons. The summed E-state index contributed by atoms with van der Waals surface area (Å²) in [5.41, 5.74) is 0.746. The summed E-state index contributed by atoms with van der Waals surface area (Å²) in [5, 5.41) is 9.77. The van der Waals surface area contributed by atoms with Crippen molar-refractivity contribution < 1.29 is 9.90 Å². The molecule has 2 rings (SSSR count). The van der Waals surface area contributed by atoms with Gasteiger partial charge in [0.2, 0.25) is 0 Å². The van der Waals surface area contributed by atoms with Crippen molar-refractivity contribution in [1.29, 1.82) is 0 Å². The van der Waals surface area contributed by atoms with Gasteiger partial charge in [-0.1, -0.05) is 34.8 Å². The quantitative estimate of drug-likeness (QED) is 0.836. The Morgan fingerprint density at radius 1 is 1.11 bits per heavy atom. The number of rotatable bonds is 2. The van der Waals surface area contributed by atoms with Crippen molar-refractivity contribution in [2.45, 2.75) is 0 Å². The molecule has 1 heterocycles. The third-order valence-electron chi connectivity index (χ3n) is 2.33. The van der Waals surface area contributed by atoms with E-state index in [2.05, 4.69) is 4.98 Å². The van der Waals surface area contributed by atoms with E-state index in [-0.39, 0.29) is 21.3 Å². The van der Waals surface area contributed by atoms with Gasteiger partial charge in [-0.3, -0.25) is 4.98 Å². The van der Waals surface area contributed by atoms with Gasteiger partial charge in [0.05, 0.1) is 26.3 Å². The van der Waals surface area contributed by atoms with Crippen LogP contribution in [0.25, 0.3) is 11.3 Å². The number of aromatic nitrogens is 1. The van der Waals surface area contributed by atoms with E-state index in [1.165, 1.54) is 12.3 Å². The van der Waals surface area contributed by atoms with Gasteiger partial charge in [0.1, 0.15) is 0 Å². The molecule has 0 aliphatic carbocycles. The van der Waals surface area contributed by atoms with Crippen molar-refractivity contribution in [3.8, 4) is 11.3 Å². The van der Waals surface area contributed by atoms with Crippen LogP contribution in [0.15, 0.2) is 30.5 Å². The number of aromatic carboxylic acids is 1. The lowest BCUT2D eigenvalue weighted by molar-refractivity contribution is 0.0697. The zero-order chi connectivity index (χ0) is 13.3. The minimum atomic E-state index is -1.08. The molecule has 0 aliphatic rings. The van der Waals surface area contributed by atoms with Gasteiger partial charge in [0, 0.05) is 11.8 Å². The first-order valence-electron chi connectivity index (χ1n) is 4.84. The molecule has 0 unspecified atom stereocenters. The molecule has 0 aliphatic heterocycles. The highest BCUT2D eigenvalue weighted by atomic mass is 35.5. The van der Waals surface area contributed by atoms with E-state index in [1.807, 2.05) is 0 Å². The number of nitrogens with zero attached hydrogens (tertiary/aromatic N) is 1. The number of pyridine rings is 1. The molecule has 0 amide bonds. The van der Waals surface area contributed by atoms with Crippen LogP contribution in [0.4, 0.5) is 0 Å². The minimum absolute atomic E-state index is 0.0535. The highest BCUT2D eigenvalue weighted by Gasteiger charge is 2.17. The maximum Gasteiger partial charge on any atom is 0.337 e. The average Bonchev–Trinajstić information content (AvgIpc) is 2.36. The zero-order valence-corrected chi connectivity index (χ0v) is 11.1. The van der Waals surface area contributed by atoms with Crippen molar-refractivity contribution in [3.63, 3.8) is 0 Å². The highest BCUT2D eigenvalue weighted by Crippen LogP contribution is 2.38. The minimum Gasteiger partial charge on any atom is -0.478 e. The maximum atomic E-state index is 11.1. The van der Waals surface area contributed by atoms with Crippen molar-refractivity contribution in [2.24, 2.45) is 0 Å². The molecule has 0 bridgehead atoms. The summed E-state index contributed by atoms with van der Waals surface area (Å²) < 4.78 is 0. The molecule has 0 atom stereocenters. The normalized spacial score (nSPS) is 10.4. The van der Waals surface area contributed by atoms with Crippen molar-refractivity contribution in [2.75, 3.05) is 0 Å². The van der Waals surface area contributed by atoms with E-state index in [0.29, 0.717) is 10.6 Å². The van der Waals surface area contributed by atoms with Gasteiger partial charge >= 0.3 is 5.97 Å². The van der Waals surface area contributed by atoms with Gasteiger partial charge in [0.15, 0.2) is 0 Å². The number of carbonyl (C=O) groups is 1. The monoisotopic (exact) mass is 301 g/mol. The van der Waals surface area contributed by atoms with Crippen LogP contribution in [0.1, 0.15) is 10.4 Å². The molecule has 18 heavy (non-hydrogen) atoms. The molecule has 0 radical (unpaired) electrons. The fourth-order valence-corrected chi connectivity index (χ4v) is 2.13. The van der Waals surface area contributed by atoms with E-state index in [1.54, 1.807) is 18.2 Å². The summed E-state index contributed by atoms with van der Waals surface area (Å²) in [4.78, 5) is 15.2. The molecule has 1 aromatic heterocycles. The lowest BCUT2D eigenvalue weighted by Gasteiger charge is -2.09. The predicted molar refractivity (Wildman–Crippen MR) is 71.7 cm³/mol. The molecule has 2 aromatic rings. The van der Waals surface area contributed by atoms with Gasteiger partial charge in [0.25, 0.3) is 0 Å². The fraction of sp³-hybridized carbons (Fsp3) is 0. The second-order valence-electron chi connectivity index (χ2n) is 3.43. The molecule has 0 saturated heterocycles. The molecule has 1 aromatic carbocycles. The van der Waals surface area contributed by atoms with Gasteiger partial charge in [-0.25, -0.2) is 4.79 Å². The fourth-order valence-electron chi connectivity index (χ4n) is 1.50. The van der Waals surface area contributed by atoms with Crippen LogP contribution in [0.5, 0.6) is 0 Å². The molecule has 3 nitrogen and oxygen atoms in total. The summed E-state index contributed by atoms with van der Waals surface area (Å²) in [5.74, 6) is -1.08. The Bertz CT molecular complexity index is 629. The third kappa shape index (κ3) is 2.29. The van der Waals surface area contributed by atoms with Crippen molar-refractivity contribution in [1.82, 2.24) is 4.98 Å². The number of carboxylic acids is 1. The van der Waals surface area contributed by atoms with E-state index >= 15 is 0 Å². The second-order valence-corrected chi connectivity index (χ2v) is 4.59. The van der Waals surface area contributed by atoms with Gasteiger partial charge in [-0.05, 0) is 24.3 Å². The smallest absolute Gasteiger partial charge is 0.337 e. The van der Waals surface area contributed by atoms with Crippen LogP contribution in [0.3, 0.4) is 0 Å². The van der Waals surface area contributed by atoms with E-state index in [0.717, 1.165) is 0 Å². The highest BCUT2D eigenvalue weighted by molar-refractivity contribution is 6.49. The van der Waals surface area contributed by atoms with Crippen LogP contribution < -0.4 is 0 Å². The Morgan fingerprint density at radius 2 is 1.83 bits per heavy atom. The van der Waals surface area contributed by atoms with Crippen LogP contribution >= 0.6 is 34.8 Å². The molecular weight excluding hydrogens is 296 g/mol. The summed E-state index contributed by atoms with van der Waals surface area (Å²) in [6, 6.07) is 6.12. The summed E-state index contributed by atoms with van der Waals surface area (Å²) in [6.07, 6.45) is 1.49. The molecule has 1 N–H and O–H groups in total. The van der Waals surface area contributed by atoms with E-state index in [4.69, 9.17) is 39.9 Å². The average molecular weight is 303 g/mol. The number of carboxylic acid groups (broad SMARTS) is 1. The van der Waals surface area contributed by atoms with Crippen LogP contribution in [0.2, 0.25) is 15.1 Å². The zero-order valence-electron chi connectivity index (χ0n) is 8.82. The van der Waals surface area contributed by atoms with Gasteiger partial charge in [-0.15, -0.1) is 0 Å². The van der Waals surface area contributed by atoms with Crippen molar-refractivity contribution in [3.05, 3.63) is 51.1 Å². The number of hydrogen-bond acceptors (Lipinski definition) is 2. The largest absolute Gasteiger partial charge is 0.478 e. The summed E-state index contributed by atoms with van der Waals surface area (Å²) in [7, 11) is 0. The topological polar surface area (TPSA) is 50.2 Å². The lowest BCUT2D eigenvalue weighted by Crippen LogP contribution is -2.01. The lowest BCUT2D eigenvalue weighted by atomic mass is 10.1. The van der Waals surface area contributed by atoms with E-state index in [9.17, 15) is 4.79 Å². The van der Waals surface area contributed by atoms with Crippen molar-refractivity contribution >= 4 is 40.8 Å². The first-order chi connectivity index (χ1) is 8.52. The molecule has 6 heteroatoms. The summed E-state index contributed by atoms with van der Waals surface area (Å²) in [6.45, 7) is 0. The molecule has 0 saturated carbocycles.